The molecule has 1 amide bonds. The van der Waals surface area contributed by atoms with Gasteiger partial charge in [0, 0.05) is 40.3 Å². The maximum Gasteiger partial charge on any atom is 0.269 e. The third-order valence-corrected chi connectivity index (χ3v) is 3.87. The van der Waals surface area contributed by atoms with Crippen molar-refractivity contribution in [3.63, 3.8) is 0 Å². The molecule has 0 aromatic carbocycles. The summed E-state index contributed by atoms with van der Waals surface area (Å²) in [6, 6.07) is 3.86. The second kappa shape index (κ2) is 5.86. The van der Waals surface area contributed by atoms with Gasteiger partial charge >= 0.3 is 0 Å². The summed E-state index contributed by atoms with van der Waals surface area (Å²) in [5, 5.41) is 7.22. The van der Waals surface area contributed by atoms with Crippen molar-refractivity contribution in [3.8, 4) is 0 Å². The highest BCUT2D eigenvalue weighted by atomic mass is 16.2. The predicted octanol–water partition coefficient (Wildman–Crippen LogP) is 0.203. The number of aryl methyl sites for hydroxylation is 2. The van der Waals surface area contributed by atoms with Gasteiger partial charge in [0.05, 0.1) is 11.7 Å². The van der Waals surface area contributed by atoms with Crippen LogP contribution in [0.4, 0.5) is 11.6 Å². The molecule has 1 fully saturated rings. The SMILES string of the molecule is Cc1cc(C(=O)NC2CN(c3cc(N(C)C)ncn3)C2)n(C)n1. The highest BCUT2D eigenvalue weighted by Crippen LogP contribution is 2.21. The van der Waals surface area contributed by atoms with Crippen LogP contribution in [0.5, 0.6) is 0 Å². The summed E-state index contributed by atoms with van der Waals surface area (Å²) < 4.78 is 1.61. The molecule has 1 saturated heterocycles. The molecule has 1 aliphatic rings. The number of nitrogens with zero attached hydrogens (tertiary/aromatic N) is 6. The van der Waals surface area contributed by atoms with Gasteiger partial charge < -0.3 is 15.1 Å². The largest absolute Gasteiger partial charge is 0.363 e. The number of carbonyl (C=O) groups is 1. The topological polar surface area (TPSA) is 79.2 Å². The molecule has 0 atom stereocenters. The molecule has 1 N–H and O–H groups in total. The number of aromatic nitrogens is 4. The zero-order chi connectivity index (χ0) is 16.6. The van der Waals surface area contributed by atoms with E-state index < -0.39 is 0 Å². The van der Waals surface area contributed by atoms with Crippen molar-refractivity contribution in [1.29, 1.82) is 0 Å². The average molecular weight is 315 g/mol. The first-order valence-electron chi connectivity index (χ1n) is 7.50. The average Bonchev–Trinajstić information content (AvgIpc) is 2.81. The van der Waals surface area contributed by atoms with Gasteiger partial charge in [0.1, 0.15) is 23.7 Å². The summed E-state index contributed by atoms with van der Waals surface area (Å²) in [5.74, 6) is 1.66. The minimum absolute atomic E-state index is 0.0885. The first-order chi connectivity index (χ1) is 10.9. The van der Waals surface area contributed by atoms with Crippen LogP contribution >= 0.6 is 0 Å². The van der Waals surface area contributed by atoms with E-state index in [0.717, 1.165) is 30.4 Å². The smallest absolute Gasteiger partial charge is 0.269 e. The summed E-state index contributed by atoms with van der Waals surface area (Å²) in [7, 11) is 5.67. The van der Waals surface area contributed by atoms with E-state index in [4.69, 9.17) is 0 Å². The van der Waals surface area contributed by atoms with E-state index in [-0.39, 0.29) is 11.9 Å². The number of anilines is 2. The fraction of sp³-hybridized carbons (Fsp3) is 0.467. The number of rotatable bonds is 4. The van der Waals surface area contributed by atoms with Crippen LogP contribution in [-0.4, -0.2) is 58.9 Å². The van der Waals surface area contributed by atoms with Crippen LogP contribution < -0.4 is 15.1 Å². The second-order valence-corrected chi connectivity index (χ2v) is 6.00. The molecule has 23 heavy (non-hydrogen) atoms. The van der Waals surface area contributed by atoms with Gasteiger partial charge in [0.25, 0.3) is 5.91 Å². The Labute approximate surface area is 135 Å². The molecular formula is C15H21N7O. The monoisotopic (exact) mass is 315 g/mol. The maximum atomic E-state index is 12.2. The summed E-state index contributed by atoms with van der Waals surface area (Å²) in [6.45, 7) is 3.36. The van der Waals surface area contributed by atoms with Crippen molar-refractivity contribution in [3.05, 3.63) is 29.8 Å². The Morgan fingerprint density at radius 2 is 2.04 bits per heavy atom. The molecule has 0 spiro atoms. The third kappa shape index (κ3) is 3.10. The van der Waals surface area contributed by atoms with Crippen molar-refractivity contribution in [2.45, 2.75) is 13.0 Å². The number of amides is 1. The number of nitrogens with one attached hydrogen (secondary N) is 1. The Morgan fingerprint density at radius 3 is 2.65 bits per heavy atom. The van der Waals surface area contributed by atoms with Crippen LogP contribution in [0.1, 0.15) is 16.2 Å². The third-order valence-electron chi connectivity index (χ3n) is 3.87. The Hall–Kier alpha value is -2.64. The first kappa shape index (κ1) is 15.3. The van der Waals surface area contributed by atoms with Crippen molar-refractivity contribution in [1.82, 2.24) is 25.1 Å². The molecule has 8 nitrogen and oxygen atoms in total. The Morgan fingerprint density at radius 1 is 1.30 bits per heavy atom. The minimum atomic E-state index is -0.0885. The first-order valence-corrected chi connectivity index (χ1v) is 7.50. The summed E-state index contributed by atoms with van der Waals surface area (Å²) in [6.07, 6.45) is 1.56. The summed E-state index contributed by atoms with van der Waals surface area (Å²) in [5.41, 5.74) is 1.42. The molecule has 3 rings (SSSR count). The predicted molar refractivity (Wildman–Crippen MR) is 87.8 cm³/mol. The van der Waals surface area contributed by atoms with Crippen LogP contribution in [0.3, 0.4) is 0 Å². The normalized spacial score (nSPS) is 14.5. The minimum Gasteiger partial charge on any atom is -0.363 e. The van der Waals surface area contributed by atoms with Gasteiger partial charge in [0.15, 0.2) is 0 Å². The van der Waals surface area contributed by atoms with Crippen molar-refractivity contribution >= 4 is 17.5 Å². The molecule has 0 aliphatic carbocycles. The van der Waals surface area contributed by atoms with E-state index in [1.54, 1.807) is 24.1 Å². The molecule has 122 valence electrons. The van der Waals surface area contributed by atoms with E-state index in [2.05, 4.69) is 25.3 Å². The van der Waals surface area contributed by atoms with E-state index in [0.29, 0.717) is 5.69 Å². The molecule has 8 heteroatoms. The lowest BCUT2D eigenvalue weighted by Gasteiger charge is -2.40. The maximum absolute atomic E-state index is 12.2. The second-order valence-electron chi connectivity index (χ2n) is 6.00. The fourth-order valence-corrected chi connectivity index (χ4v) is 2.59. The molecule has 2 aromatic heterocycles. The van der Waals surface area contributed by atoms with E-state index >= 15 is 0 Å². The zero-order valence-electron chi connectivity index (χ0n) is 13.8. The van der Waals surface area contributed by atoms with E-state index in [9.17, 15) is 4.79 Å². The lowest BCUT2D eigenvalue weighted by molar-refractivity contribution is 0.0920. The fourth-order valence-electron chi connectivity index (χ4n) is 2.59. The van der Waals surface area contributed by atoms with Gasteiger partial charge in [-0.2, -0.15) is 5.10 Å². The highest BCUT2D eigenvalue weighted by Gasteiger charge is 2.30. The number of hydrogen-bond donors (Lipinski definition) is 1. The molecule has 3 heterocycles. The molecule has 2 aromatic rings. The van der Waals surface area contributed by atoms with E-state index in [1.807, 2.05) is 32.0 Å². The van der Waals surface area contributed by atoms with Gasteiger partial charge in [0.2, 0.25) is 0 Å². The van der Waals surface area contributed by atoms with Crippen LogP contribution in [0.15, 0.2) is 18.5 Å². The number of carbonyl (C=O) groups excluding carboxylic acids is 1. The summed E-state index contributed by atoms with van der Waals surface area (Å²) in [4.78, 5) is 24.8. The number of hydrogen-bond acceptors (Lipinski definition) is 6. The Kier molecular flexibility index (Phi) is 3.89. The van der Waals surface area contributed by atoms with Gasteiger partial charge in [-0.05, 0) is 13.0 Å². The Balaban J connectivity index is 1.58. The van der Waals surface area contributed by atoms with Gasteiger partial charge in [-0.15, -0.1) is 0 Å². The van der Waals surface area contributed by atoms with Crippen LogP contribution in [0.2, 0.25) is 0 Å². The Bertz CT molecular complexity index is 718. The summed E-state index contributed by atoms with van der Waals surface area (Å²) >= 11 is 0. The van der Waals surface area contributed by atoms with Gasteiger partial charge in [-0.1, -0.05) is 0 Å². The lowest BCUT2D eigenvalue weighted by atomic mass is 10.1. The van der Waals surface area contributed by atoms with Crippen LogP contribution in [0, 0.1) is 6.92 Å². The van der Waals surface area contributed by atoms with Crippen molar-refractivity contribution in [2.24, 2.45) is 7.05 Å². The molecular weight excluding hydrogens is 294 g/mol. The van der Waals surface area contributed by atoms with Gasteiger partial charge in [-0.25, -0.2) is 9.97 Å². The highest BCUT2D eigenvalue weighted by molar-refractivity contribution is 5.93. The van der Waals surface area contributed by atoms with E-state index in [1.165, 1.54) is 0 Å². The molecule has 1 aliphatic heterocycles. The lowest BCUT2D eigenvalue weighted by Crippen LogP contribution is -2.59. The standard InChI is InChI=1S/C15H21N7O/c1-10-5-12(21(4)19-10)15(23)18-11-7-22(8-11)14-6-13(20(2)3)16-9-17-14/h5-6,9,11H,7-8H2,1-4H3,(H,18,23). The van der Waals surface area contributed by atoms with Crippen molar-refractivity contribution in [2.75, 3.05) is 37.0 Å². The van der Waals surface area contributed by atoms with Crippen LogP contribution in [-0.2, 0) is 7.05 Å². The zero-order valence-corrected chi connectivity index (χ0v) is 13.8. The molecule has 0 radical (unpaired) electrons. The molecule has 0 unspecified atom stereocenters. The van der Waals surface area contributed by atoms with Crippen LogP contribution in [0.25, 0.3) is 0 Å². The van der Waals surface area contributed by atoms with Gasteiger partial charge in [-0.3, -0.25) is 9.48 Å². The quantitative estimate of drug-likeness (QED) is 0.868. The molecule has 0 saturated carbocycles. The molecule has 0 bridgehead atoms. The van der Waals surface area contributed by atoms with Crippen molar-refractivity contribution < 1.29 is 4.79 Å².